The summed E-state index contributed by atoms with van der Waals surface area (Å²) in [6, 6.07) is 4.64. The molecule has 160 valence electrons. The molecule has 10 heteroatoms. The maximum atomic E-state index is 14.1. The van der Waals surface area contributed by atoms with Crippen molar-refractivity contribution in [3.05, 3.63) is 47.5 Å². The lowest BCUT2D eigenvalue weighted by Gasteiger charge is -2.20. The van der Waals surface area contributed by atoms with Crippen molar-refractivity contribution in [2.75, 3.05) is 6.54 Å². The molecule has 0 bridgehead atoms. The van der Waals surface area contributed by atoms with Crippen molar-refractivity contribution in [3.8, 4) is 16.9 Å². The quantitative estimate of drug-likeness (QED) is 0.602. The second-order valence-corrected chi connectivity index (χ2v) is 7.55. The van der Waals surface area contributed by atoms with Crippen LogP contribution < -0.4 is 4.74 Å². The fraction of sp³-hybridized carbons (Fsp3) is 0.400. The Balaban J connectivity index is 1.69. The van der Waals surface area contributed by atoms with Gasteiger partial charge in [-0.15, -0.1) is 0 Å². The van der Waals surface area contributed by atoms with E-state index < -0.39 is 41.5 Å². The number of hydrogen-bond acceptors (Lipinski definition) is 4. The minimum Gasteiger partial charge on any atom is -0.441 e. The number of nitrogens with zero attached hydrogens (tertiary/aromatic N) is 2. The van der Waals surface area contributed by atoms with Crippen molar-refractivity contribution in [1.82, 2.24) is 9.88 Å². The molecule has 2 fully saturated rings. The van der Waals surface area contributed by atoms with Crippen molar-refractivity contribution in [2.24, 2.45) is 0 Å². The van der Waals surface area contributed by atoms with Crippen LogP contribution in [0.1, 0.15) is 31.0 Å². The minimum absolute atomic E-state index is 0.0790. The summed E-state index contributed by atoms with van der Waals surface area (Å²) in [4.78, 5) is 17.3. The third kappa shape index (κ3) is 4.03. The smallest absolute Gasteiger partial charge is 0.410 e. The van der Waals surface area contributed by atoms with Gasteiger partial charge in [0, 0.05) is 18.7 Å². The van der Waals surface area contributed by atoms with Crippen LogP contribution in [0.15, 0.2) is 30.5 Å². The number of benzene rings is 1. The highest BCUT2D eigenvalue weighted by Crippen LogP contribution is 2.45. The lowest BCUT2D eigenvalue weighted by atomic mass is 10.0. The Morgan fingerprint density at radius 2 is 2.00 bits per heavy atom. The van der Waals surface area contributed by atoms with Crippen LogP contribution in [0.2, 0.25) is 0 Å². The molecule has 4 rings (SSSR count). The molecular formula is C20H17F5N2O3. The first kappa shape index (κ1) is 20.4. The maximum Gasteiger partial charge on any atom is 0.410 e. The van der Waals surface area contributed by atoms with Gasteiger partial charge in [-0.25, -0.2) is 9.18 Å². The van der Waals surface area contributed by atoms with Gasteiger partial charge in [0.15, 0.2) is 11.6 Å². The number of amides is 1. The van der Waals surface area contributed by atoms with Crippen LogP contribution in [0.3, 0.4) is 0 Å². The van der Waals surface area contributed by atoms with Crippen LogP contribution in [0.25, 0.3) is 11.1 Å². The first-order chi connectivity index (χ1) is 14.1. The van der Waals surface area contributed by atoms with Gasteiger partial charge in [-0.2, -0.15) is 17.6 Å². The number of carbonyl (C=O) groups is 1. The first-order valence-electron chi connectivity index (χ1n) is 9.16. The van der Waals surface area contributed by atoms with Gasteiger partial charge < -0.3 is 9.47 Å². The molecule has 1 saturated carbocycles. The Kier molecular flexibility index (Phi) is 4.82. The molecule has 1 aliphatic carbocycles. The molecular weight excluding hydrogens is 411 g/mol. The lowest BCUT2D eigenvalue weighted by Crippen LogP contribution is -2.27. The van der Waals surface area contributed by atoms with Gasteiger partial charge in [0.05, 0.1) is 13.1 Å². The zero-order valence-electron chi connectivity index (χ0n) is 15.8. The molecule has 5 nitrogen and oxygen atoms in total. The fourth-order valence-corrected chi connectivity index (χ4v) is 3.47. The van der Waals surface area contributed by atoms with E-state index in [1.54, 1.807) is 0 Å². The van der Waals surface area contributed by atoms with Crippen molar-refractivity contribution < 1.29 is 36.2 Å². The average Bonchev–Trinajstić information content (AvgIpc) is 3.32. The molecule has 0 atom stereocenters. The van der Waals surface area contributed by atoms with Crippen molar-refractivity contribution >= 4 is 6.09 Å². The molecule has 0 unspecified atom stereocenters. The Hall–Kier alpha value is -2.91. The highest BCUT2D eigenvalue weighted by molar-refractivity contribution is 5.72. The van der Waals surface area contributed by atoms with E-state index in [0.29, 0.717) is 13.5 Å². The van der Waals surface area contributed by atoms with Crippen LogP contribution in [0.5, 0.6) is 5.75 Å². The summed E-state index contributed by atoms with van der Waals surface area (Å²) in [5.41, 5.74) is -0.423. The molecule has 0 radical (unpaired) electrons. The van der Waals surface area contributed by atoms with Crippen molar-refractivity contribution in [3.63, 3.8) is 0 Å². The van der Waals surface area contributed by atoms with E-state index >= 15 is 0 Å². The summed E-state index contributed by atoms with van der Waals surface area (Å²) in [6.45, 7) is -2.38. The Morgan fingerprint density at radius 1 is 1.27 bits per heavy atom. The van der Waals surface area contributed by atoms with Gasteiger partial charge in [0.25, 0.3) is 5.92 Å². The van der Waals surface area contributed by atoms with E-state index in [1.807, 2.05) is 0 Å². The molecule has 1 aliphatic heterocycles. The molecule has 0 N–H and O–H groups in total. The normalized spacial score (nSPS) is 17.6. The van der Waals surface area contributed by atoms with E-state index in [2.05, 4.69) is 9.72 Å². The SMILES string of the molecule is CC(F)(F)c1ncc(-c2ccc(F)c(OC(F)F)c2)cc1CN1CC2(CC2)OC1=O. The predicted octanol–water partition coefficient (Wildman–Crippen LogP) is 5.09. The molecule has 1 amide bonds. The Labute approximate surface area is 168 Å². The van der Waals surface area contributed by atoms with Crippen LogP contribution >= 0.6 is 0 Å². The van der Waals surface area contributed by atoms with E-state index in [-0.39, 0.29) is 23.2 Å². The average molecular weight is 428 g/mol. The molecule has 1 spiro atoms. The molecule has 1 saturated heterocycles. The number of hydrogen-bond donors (Lipinski definition) is 0. The number of carbonyl (C=O) groups excluding carboxylic acids is 1. The summed E-state index contributed by atoms with van der Waals surface area (Å²) >= 11 is 0. The van der Waals surface area contributed by atoms with E-state index in [9.17, 15) is 26.7 Å². The molecule has 2 aliphatic rings. The maximum absolute atomic E-state index is 14.1. The standard InChI is InChI=1S/C20H17F5N2O3/c1-19(24,25)16-13(9-27-10-20(4-5-20)30-18(27)28)6-12(8-26-16)11-2-3-14(21)15(7-11)29-17(22)23/h2-3,6-8,17H,4-5,9-10H2,1H3. The highest BCUT2D eigenvalue weighted by atomic mass is 19.3. The van der Waals surface area contributed by atoms with Gasteiger partial charge in [0.1, 0.15) is 11.3 Å². The second kappa shape index (κ2) is 7.10. The van der Waals surface area contributed by atoms with Crippen LogP contribution in [0.4, 0.5) is 26.7 Å². The Morgan fingerprint density at radius 3 is 2.60 bits per heavy atom. The highest BCUT2D eigenvalue weighted by Gasteiger charge is 2.54. The van der Waals surface area contributed by atoms with E-state index in [0.717, 1.165) is 31.2 Å². The second-order valence-electron chi connectivity index (χ2n) is 7.55. The number of alkyl halides is 4. The zero-order chi connectivity index (χ0) is 21.7. The van der Waals surface area contributed by atoms with E-state index in [4.69, 9.17) is 4.74 Å². The van der Waals surface area contributed by atoms with Crippen LogP contribution in [0, 0.1) is 5.82 Å². The molecule has 30 heavy (non-hydrogen) atoms. The summed E-state index contributed by atoms with van der Waals surface area (Å²) in [5, 5.41) is 0. The number of ether oxygens (including phenoxy) is 2. The van der Waals surface area contributed by atoms with Crippen LogP contribution in [-0.4, -0.2) is 34.7 Å². The summed E-state index contributed by atoms with van der Waals surface area (Å²) in [6.07, 6.45) is 2.01. The third-order valence-electron chi connectivity index (χ3n) is 5.07. The number of pyridine rings is 1. The van der Waals surface area contributed by atoms with Gasteiger partial charge in [-0.1, -0.05) is 6.07 Å². The third-order valence-corrected chi connectivity index (χ3v) is 5.07. The van der Waals surface area contributed by atoms with E-state index in [1.165, 1.54) is 17.0 Å². The van der Waals surface area contributed by atoms with Gasteiger partial charge in [-0.05, 0) is 42.2 Å². The van der Waals surface area contributed by atoms with Crippen LogP contribution in [-0.2, 0) is 17.2 Å². The Bertz CT molecular complexity index is 989. The number of rotatable bonds is 6. The predicted molar refractivity (Wildman–Crippen MR) is 94.7 cm³/mol. The zero-order valence-corrected chi connectivity index (χ0v) is 15.8. The topological polar surface area (TPSA) is 51.7 Å². The lowest BCUT2D eigenvalue weighted by molar-refractivity contribution is -0.0521. The molecule has 2 heterocycles. The van der Waals surface area contributed by atoms with Gasteiger partial charge in [-0.3, -0.25) is 9.88 Å². The number of aromatic nitrogens is 1. The summed E-state index contributed by atoms with van der Waals surface area (Å²) < 4.78 is 76.3. The molecule has 1 aromatic carbocycles. The van der Waals surface area contributed by atoms with Gasteiger partial charge >= 0.3 is 12.7 Å². The monoisotopic (exact) mass is 428 g/mol. The van der Waals surface area contributed by atoms with Gasteiger partial charge in [0.2, 0.25) is 0 Å². The molecule has 2 aromatic rings. The largest absolute Gasteiger partial charge is 0.441 e. The molecule has 1 aromatic heterocycles. The van der Waals surface area contributed by atoms with Crippen molar-refractivity contribution in [2.45, 2.75) is 44.4 Å². The number of halogens is 5. The fourth-order valence-electron chi connectivity index (χ4n) is 3.47. The first-order valence-corrected chi connectivity index (χ1v) is 9.16. The minimum atomic E-state index is -3.28. The summed E-state index contributed by atoms with van der Waals surface area (Å²) in [7, 11) is 0. The summed E-state index contributed by atoms with van der Waals surface area (Å²) in [5.74, 6) is -4.94. The van der Waals surface area contributed by atoms with Crippen molar-refractivity contribution in [1.29, 1.82) is 0 Å².